The van der Waals surface area contributed by atoms with Crippen LogP contribution in [0.25, 0.3) is 0 Å². The smallest absolute Gasteiger partial charge is 0.149 e. The van der Waals surface area contributed by atoms with E-state index >= 15 is 0 Å². The summed E-state index contributed by atoms with van der Waals surface area (Å²) in [6, 6.07) is 0.486. The predicted molar refractivity (Wildman–Crippen MR) is 65.2 cm³/mol. The van der Waals surface area contributed by atoms with Crippen LogP contribution in [-0.4, -0.2) is 33.6 Å². The lowest BCUT2D eigenvalue weighted by atomic mass is 10.2. The Kier molecular flexibility index (Phi) is 3.00. The standard InChI is InChI=1S/C10H16N4S/c1-7-8(2)15-4-3-14(7)10-6-12-5-9(11)13-10/h5-8H,3-4H2,1-2H3,(H2,11,13). The van der Waals surface area contributed by atoms with Crippen molar-refractivity contribution in [1.82, 2.24) is 9.97 Å². The van der Waals surface area contributed by atoms with E-state index < -0.39 is 0 Å². The zero-order valence-electron chi connectivity index (χ0n) is 9.05. The Balaban J connectivity index is 2.22. The summed E-state index contributed by atoms with van der Waals surface area (Å²) in [6.45, 7) is 5.50. The van der Waals surface area contributed by atoms with E-state index in [0.29, 0.717) is 17.1 Å². The Bertz CT molecular complexity index is 344. The Labute approximate surface area is 94.3 Å². The van der Waals surface area contributed by atoms with Gasteiger partial charge in [-0.1, -0.05) is 6.92 Å². The highest BCUT2D eigenvalue weighted by Crippen LogP contribution is 2.27. The van der Waals surface area contributed by atoms with Gasteiger partial charge < -0.3 is 10.6 Å². The van der Waals surface area contributed by atoms with Gasteiger partial charge >= 0.3 is 0 Å². The number of hydrogen-bond acceptors (Lipinski definition) is 5. The predicted octanol–water partition coefficient (Wildman–Crippen LogP) is 1.39. The summed E-state index contributed by atoms with van der Waals surface area (Å²) in [7, 11) is 0. The molecule has 0 bridgehead atoms. The zero-order valence-corrected chi connectivity index (χ0v) is 9.87. The van der Waals surface area contributed by atoms with Crippen molar-refractivity contribution >= 4 is 23.4 Å². The second-order valence-corrected chi connectivity index (χ2v) is 5.30. The molecule has 2 N–H and O–H groups in total. The van der Waals surface area contributed by atoms with Crippen LogP contribution in [0.3, 0.4) is 0 Å². The molecule has 0 saturated carbocycles. The van der Waals surface area contributed by atoms with Crippen molar-refractivity contribution in [3.63, 3.8) is 0 Å². The highest BCUT2D eigenvalue weighted by molar-refractivity contribution is 8.00. The number of nitrogens with zero attached hydrogens (tertiary/aromatic N) is 3. The van der Waals surface area contributed by atoms with Gasteiger partial charge in [0.2, 0.25) is 0 Å². The van der Waals surface area contributed by atoms with Gasteiger partial charge in [0.05, 0.1) is 12.4 Å². The molecule has 1 fully saturated rings. The molecule has 15 heavy (non-hydrogen) atoms. The van der Waals surface area contributed by atoms with E-state index in [1.54, 1.807) is 12.4 Å². The number of anilines is 2. The monoisotopic (exact) mass is 224 g/mol. The third-order valence-electron chi connectivity index (χ3n) is 2.82. The van der Waals surface area contributed by atoms with E-state index in [2.05, 4.69) is 28.7 Å². The van der Waals surface area contributed by atoms with Crippen LogP contribution in [-0.2, 0) is 0 Å². The van der Waals surface area contributed by atoms with Crippen LogP contribution in [0.1, 0.15) is 13.8 Å². The van der Waals surface area contributed by atoms with Gasteiger partial charge in [0, 0.05) is 23.6 Å². The summed E-state index contributed by atoms with van der Waals surface area (Å²) in [5.74, 6) is 2.53. The average molecular weight is 224 g/mol. The minimum atomic E-state index is 0.486. The molecule has 1 saturated heterocycles. The molecule has 2 heterocycles. The maximum Gasteiger partial charge on any atom is 0.149 e. The maximum absolute atomic E-state index is 5.64. The van der Waals surface area contributed by atoms with E-state index in [-0.39, 0.29) is 0 Å². The largest absolute Gasteiger partial charge is 0.382 e. The SMILES string of the molecule is CC1SCCN(c2cncc(N)n2)C1C. The van der Waals surface area contributed by atoms with Crippen molar-refractivity contribution < 1.29 is 0 Å². The fraction of sp³-hybridized carbons (Fsp3) is 0.600. The maximum atomic E-state index is 5.64. The molecule has 2 unspecified atom stereocenters. The number of nitrogen functional groups attached to an aromatic ring is 1. The highest BCUT2D eigenvalue weighted by Gasteiger charge is 2.26. The van der Waals surface area contributed by atoms with Crippen LogP contribution in [0.2, 0.25) is 0 Å². The third kappa shape index (κ3) is 2.17. The molecule has 1 aromatic heterocycles. The molecule has 1 aliphatic heterocycles. The first kappa shape index (κ1) is 10.5. The van der Waals surface area contributed by atoms with Gasteiger partial charge in [-0.05, 0) is 6.92 Å². The summed E-state index contributed by atoms with van der Waals surface area (Å²) < 4.78 is 0. The van der Waals surface area contributed by atoms with Gasteiger partial charge in [-0.25, -0.2) is 4.98 Å². The Hall–Kier alpha value is -0.970. The molecular formula is C10H16N4S. The topological polar surface area (TPSA) is 55.0 Å². The summed E-state index contributed by atoms with van der Waals surface area (Å²) in [6.07, 6.45) is 3.37. The molecule has 0 amide bonds. The first-order valence-corrected chi connectivity index (χ1v) is 6.19. The van der Waals surface area contributed by atoms with Gasteiger partial charge in [-0.3, -0.25) is 4.98 Å². The first-order valence-electron chi connectivity index (χ1n) is 5.14. The summed E-state index contributed by atoms with van der Waals surface area (Å²) in [5, 5.41) is 0.627. The highest BCUT2D eigenvalue weighted by atomic mass is 32.2. The van der Waals surface area contributed by atoms with Crippen molar-refractivity contribution in [1.29, 1.82) is 0 Å². The summed E-state index contributed by atoms with van der Waals surface area (Å²) in [4.78, 5) is 10.7. The van der Waals surface area contributed by atoms with E-state index in [9.17, 15) is 0 Å². The number of hydrogen-bond donors (Lipinski definition) is 1. The third-order valence-corrected chi connectivity index (χ3v) is 4.16. The number of nitrogens with two attached hydrogens (primary N) is 1. The van der Waals surface area contributed by atoms with Crippen molar-refractivity contribution in [3.05, 3.63) is 12.4 Å². The van der Waals surface area contributed by atoms with Crippen LogP contribution in [0.5, 0.6) is 0 Å². The number of thioether (sulfide) groups is 1. The molecule has 0 aliphatic carbocycles. The second-order valence-electron chi connectivity index (χ2n) is 3.81. The first-order chi connectivity index (χ1) is 7.18. The molecule has 82 valence electrons. The van der Waals surface area contributed by atoms with Crippen molar-refractivity contribution in [2.75, 3.05) is 22.9 Å². The molecule has 5 heteroatoms. The van der Waals surface area contributed by atoms with Gasteiger partial charge in [-0.15, -0.1) is 0 Å². The molecule has 1 aliphatic rings. The summed E-state index contributed by atoms with van der Waals surface area (Å²) in [5.41, 5.74) is 5.64. The molecule has 0 spiro atoms. The lowest BCUT2D eigenvalue weighted by molar-refractivity contribution is 0.619. The Morgan fingerprint density at radius 3 is 3.00 bits per heavy atom. The van der Waals surface area contributed by atoms with E-state index in [1.165, 1.54) is 0 Å². The van der Waals surface area contributed by atoms with E-state index in [4.69, 9.17) is 5.73 Å². The Morgan fingerprint density at radius 2 is 2.27 bits per heavy atom. The molecular weight excluding hydrogens is 208 g/mol. The number of rotatable bonds is 1. The molecule has 0 radical (unpaired) electrons. The normalized spacial score (nSPS) is 26.7. The van der Waals surface area contributed by atoms with Crippen LogP contribution in [0.4, 0.5) is 11.6 Å². The molecule has 4 nitrogen and oxygen atoms in total. The van der Waals surface area contributed by atoms with Crippen molar-refractivity contribution in [3.8, 4) is 0 Å². The van der Waals surface area contributed by atoms with Crippen LogP contribution in [0, 0.1) is 0 Å². The second kappa shape index (κ2) is 4.26. The minimum Gasteiger partial charge on any atom is -0.382 e. The molecule has 1 aromatic rings. The van der Waals surface area contributed by atoms with Crippen LogP contribution < -0.4 is 10.6 Å². The number of aromatic nitrogens is 2. The lowest BCUT2D eigenvalue weighted by Crippen LogP contribution is -2.45. The lowest BCUT2D eigenvalue weighted by Gasteiger charge is -2.38. The average Bonchev–Trinajstić information content (AvgIpc) is 2.22. The summed E-state index contributed by atoms with van der Waals surface area (Å²) >= 11 is 2.01. The van der Waals surface area contributed by atoms with Gasteiger partial charge in [0.25, 0.3) is 0 Å². The van der Waals surface area contributed by atoms with Crippen LogP contribution in [0.15, 0.2) is 12.4 Å². The van der Waals surface area contributed by atoms with E-state index in [1.807, 2.05) is 11.8 Å². The van der Waals surface area contributed by atoms with E-state index in [0.717, 1.165) is 18.1 Å². The quantitative estimate of drug-likeness (QED) is 0.781. The Morgan fingerprint density at radius 1 is 1.47 bits per heavy atom. The molecule has 0 aromatic carbocycles. The van der Waals surface area contributed by atoms with Gasteiger partial charge in [-0.2, -0.15) is 11.8 Å². The molecule has 2 atom stereocenters. The van der Waals surface area contributed by atoms with Crippen molar-refractivity contribution in [2.24, 2.45) is 0 Å². The minimum absolute atomic E-state index is 0.486. The van der Waals surface area contributed by atoms with Crippen molar-refractivity contribution in [2.45, 2.75) is 25.1 Å². The fourth-order valence-electron chi connectivity index (χ4n) is 1.77. The fourth-order valence-corrected chi connectivity index (χ4v) is 2.86. The zero-order chi connectivity index (χ0) is 10.8. The molecule has 2 rings (SSSR count). The van der Waals surface area contributed by atoms with Gasteiger partial charge in [0.1, 0.15) is 11.6 Å². The van der Waals surface area contributed by atoms with Gasteiger partial charge in [0.15, 0.2) is 0 Å². The van der Waals surface area contributed by atoms with Crippen LogP contribution >= 0.6 is 11.8 Å².